The van der Waals surface area contributed by atoms with Crippen LogP contribution in [0.1, 0.15) is 32.8 Å². The number of rotatable bonds is 8. The summed E-state index contributed by atoms with van der Waals surface area (Å²) in [7, 11) is -1.62. The van der Waals surface area contributed by atoms with E-state index in [1.54, 1.807) is 6.20 Å². The Labute approximate surface area is 251 Å². The molecule has 2 aromatic carbocycles. The molecule has 43 heavy (non-hydrogen) atoms. The summed E-state index contributed by atoms with van der Waals surface area (Å²) in [6, 6.07) is 10.3. The number of para-hydroxylation sites is 1. The highest BCUT2D eigenvalue weighted by atomic mass is 32.2. The van der Waals surface area contributed by atoms with Crippen LogP contribution in [0, 0.1) is 12.7 Å². The van der Waals surface area contributed by atoms with Gasteiger partial charge in [-0.05, 0) is 58.0 Å². The van der Waals surface area contributed by atoms with Crippen molar-refractivity contribution in [1.29, 1.82) is 0 Å². The monoisotopic (exact) mass is 607 g/mol. The number of carbonyl (C=O) groups is 1. The molecule has 1 saturated heterocycles. The van der Waals surface area contributed by atoms with Gasteiger partial charge in [0.25, 0.3) is 0 Å². The first-order chi connectivity index (χ1) is 20.4. The van der Waals surface area contributed by atoms with Crippen molar-refractivity contribution in [2.45, 2.75) is 57.1 Å². The Morgan fingerprint density at radius 1 is 1.14 bits per heavy atom. The highest BCUT2D eigenvalue weighted by molar-refractivity contribution is 7.90. The van der Waals surface area contributed by atoms with Crippen LogP contribution in [-0.2, 0) is 14.6 Å². The lowest BCUT2D eigenvalue weighted by atomic mass is 10.0. The Morgan fingerprint density at radius 2 is 1.81 bits per heavy atom. The number of fused-ring (bicyclic) bond motifs is 1. The van der Waals surface area contributed by atoms with Crippen molar-refractivity contribution >= 4 is 44.0 Å². The molecule has 1 fully saturated rings. The SMILES string of the molecule is CC[C@H](C(=O)Nc1cccc2c(-c3nc(Nc4cccc(S(C)(=O)=O)c4F)ncc3C)c[nH]c12)N1C[C@H](C)N(C)[C@@H](C)C1. The van der Waals surface area contributed by atoms with E-state index in [1.165, 1.54) is 18.2 Å². The van der Waals surface area contributed by atoms with Gasteiger partial charge in [0.15, 0.2) is 15.7 Å². The number of aromatic amines is 1. The van der Waals surface area contributed by atoms with Gasteiger partial charge in [-0.25, -0.2) is 22.8 Å². The van der Waals surface area contributed by atoms with E-state index < -0.39 is 20.5 Å². The number of sulfone groups is 1. The van der Waals surface area contributed by atoms with Crippen molar-refractivity contribution in [3.8, 4) is 11.3 Å². The molecule has 12 heteroatoms. The number of hydrogen-bond acceptors (Lipinski definition) is 8. The van der Waals surface area contributed by atoms with E-state index in [1.807, 2.05) is 38.2 Å². The first-order valence-electron chi connectivity index (χ1n) is 14.4. The molecule has 0 aliphatic carbocycles. The summed E-state index contributed by atoms with van der Waals surface area (Å²) < 4.78 is 38.9. The number of nitrogens with zero attached hydrogens (tertiary/aromatic N) is 4. The fraction of sp³-hybridized carbons (Fsp3) is 0.387. The van der Waals surface area contributed by atoms with Crippen molar-refractivity contribution in [3.63, 3.8) is 0 Å². The van der Waals surface area contributed by atoms with Crippen LogP contribution < -0.4 is 10.6 Å². The fourth-order valence-electron chi connectivity index (χ4n) is 5.77. The standard InChI is InChI=1S/C31H38FN7O3S/c1-7-25(39-16-19(3)38(5)20(4)17-39)30(40)35-24-12-8-10-21-22(15-33-29(21)24)28-18(2)14-34-31(37-28)36-23-11-9-13-26(27(23)32)43(6,41)42/h8-15,19-20,25,33H,7,16-17H2,1-6H3,(H,35,40)(H,34,36,37)/t19-,20-,25+/m0/s1. The Bertz CT molecular complexity index is 1760. The van der Waals surface area contributed by atoms with E-state index in [0.717, 1.165) is 41.4 Å². The Hall–Kier alpha value is -3.87. The zero-order valence-corrected chi connectivity index (χ0v) is 26.1. The van der Waals surface area contributed by atoms with Gasteiger partial charge in [0.1, 0.15) is 4.90 Å². The molecule has 10 nitrogen and oxygen atoms in total. The average molecular weight is 608 g/mol. The maximum Gasteiger partial charge on any atom is 0.241 e. The first-order valence-corrected chi connectivity index (χ1v) is 16.2. The third-order valence-electron chi connectivity index (χ3n) is 8.33. The Balaban J connectivity index is 1.42. The van der Waals surface area contributed by atoms with Crippen molar-refractivity contribution < 1.29 is 17.6 Å². The Morgan fingerprint density at radius 3 is 2.49 bits per heavy atom. The number of nitrogens with one attached hydrogen (secondary N) is 3. The molecule has 0 saturated carbocycles. The molecule has 228 valence electrons. The van der Waals surface area contributed by atoms with Crippen LogP contribution in [-0.4, -0.2) is 83.6 Å². The second-order valence-corrected chi connectivity index (χ2v) is 13.4. The molecule has 1 amide bonds. The van der Waals surface area contributed by atoms with Gasteiger partial charge < -0.3 is 15.6 Å². The molecule has 3 atom stereocenters. The van der Waals surface area contributed by atoms with E-state index in [-0.39, 0.29) is 23.6 Å². The average Bonchev–Trinajstić information content (AvgIpc) is 3.38. The lowest BCUT2D eigenvalue weighted by Crippen LogP contribution is -2.59. The fourth-order valence-corrected chi connectivity index (χ4v) is 6.53. The maximum atomic E-state index is 15.0. The predicted octanol–water partition coefficient (Wildman–Crippen LogP) is 4.96. The first kappa shape index (κ1) is 30.6. The molecular weight excluding hydrogens is 569 g/mol. The summed E-state index contributed by atoms with van der Waals surface area (Å²) in [6.45, 7) is 9.95. The minimum absolute atomic E-state index is 0.0434. The van der Waals surface area contributed by atoms with Crippen LogP contribution in [0.15, 0.2) is 53.7 Å². The normalized spacial score (nSPS) is 19.0. The molecule has 5 rings (SSSR count). The van der Waals surface area contributed by atoms with E-state index >= 15 is 0 Å². The topological polar surface area (TPSA) is 123 Å². The van der Waals surface area contributed by atoms with Crippen molar-refractivity contribution in [2.24, 2.45) is 0 Å². The number of aryl methyl sites for hydroxylation is 1. The zero-order chi connectivity index (χ0) is 31.1. The van der Waals surface area contributed by atoms with Gasteiger partial charge in [-0.3, -0.25) is 14.6 Å². The van der Waals surface area contributed by atoms with Gasteiger partial charge in [0.2, 0.25) is 11.9 Å². The van der Waals surface area contributed by atoms with Crippen molar-refractivity contribution in [3.05, 3.63) is 60.2 Å². The second kappa shape index (κ2) is 12.0. The highest BCUT2D eigenvalue weighted by Crippen LogP contribution is 2.34. The van der Waals surface area contributed by atoms with Crippen LogP contribution in [0.4, 0.5) is 21.7 Å². The number of hydrogen-bond donors (Lipinski definition) is 3. The molecule has 1 aliphatic heterocycles. The molecule has 0 radical (unpaired) electrons. The van der Waals surface area contributed by atoms with Gasteiger partial charge in [-0.1, -0.05) is 25.1 Å². The summed E-state index contributed by atoms with van der Waals surface area (Å²) >= 11 is 0. The molecule has 3 N–H and O–H groups in total. The lowest BCUT2D eigenvalue weighted by molar-refractivity contribution is -0.123. The number of amides is 1. The molecule has 0 unspecified atom stereocenters. The second-order valence-electron chi connectivity index (χ2n) is 11.4. The summed E-state index contributed by atoms with van der Waals surface area (Å²) in [6.07, 6.45) is 5.10. The van der Waals surface area contributed by atoms with Gasteiger partial charge in [-0.15, -0.1) is 0 Å². The van der Waals surface area contributed by atoms with Crippen molar-refractivity contribution in [1.82, 2.24) is 24.8 Å². The number of piperazine rings is 1. The summed E-state index contributed by atoms with van der Waals surface area (Å²) in [5.41, 5.74) is 3.58. The van der Waals surface area contributed by atoms with Crippen LogP contribution in [0.25, 0.3) is 22.2 Å². The molecule has 3 heterocycles. The quantitative estimate of drug-likeness (QED) is 0.257. The highest BCUT2D eigenvalue weighted by Gasteiger charge is 2.33. The minimum Gasteiger partial charge on any atom is -0.359 e. The van der Waals surface area contributed by atoms with Crippen LogP contribution in [0.5, 0.6) is 0 Å². The number of likely N-dealkylation sites (N-methyl/N-ethyl adjacent to an activating group) is 1. The largest absolute Gasteiger partial charge is 0.359 e. The van der Waals surface area contributed by atoms with E-state index in [9.17, 15) is 17.6 Å². The maximum absolute atomic E-state index is 15.0. The molecule has 0 bridgehead atoms. The van der Waals surface area contributed by atoms with Crippen LogP contribution >= 0.6 is 0 Å². The van der Waals surface area contributed by atoms with Crippen molar-refractivity contribution in [2.75, 3.05) is 37.0 Å². The predicted molar refractivity (Wildman–Crippen MR) is 168 cm³/mol. The van der Waals surface area contributed by atoms with Crippen LogP contribution in [0.3, 0.4) is 0 Å². The molecular formula is C31H38FN7O3S. The number of benzene rings is 2. The summed E-state index contributed by atoms with van der Waals surface area (Å²) in [5, 5.41) is 6.83. The molecule has 2 aromatic heterocycles. The summed E-state index contributed by atoms with van der Waals surface area (Å²) in [4.78, 5) is 30.0. The molecule has 0 spiro atoms. The smallest absolute Gasteiger partial charge is 0.241 e. The van der Waals surface area contributed by atoms with E-state index in [2.05, 4.69) is 56.3 Å². The number of carbonyl (C=O) groups excluding carboxylic acids is 1. The summed E-state index contributed by atoms with van der Waals surface area (Å²) in [5.74, 6) is -0.822. The molecule has 1 aliphatic rings. The molecule has 4 aromatic rings. The number of halogens is 1. The lowest BCUT2D eigenvalue weighted by Gasteiger charge is -2.45. The third-order valence-corrected chi connectivity index (χ3v) is 9.44. The van der Waals surface area contributed by atoms with Gasteiger partial charge in [-0.2, -0.15) is 0 Å². The third kappa shape index (κ3) is 6.13. The van der Waals surface area contributed by atoms with Crippen LogP contribution in [0.2, 0.25) is 0 Å². The van der Waals surface area contributed by atoms with Gasteiger partial charge in [0, 0.05) is 54.8 Å². The van der Waals surface area contributed by atoms with E-state index in [0.29, 0.717) is 29.9 Å². The Kier molecular flexibility index (Phi) is 8.55. The zero-order valence-electron chi connectivity index (χ0n) is 25.3. The van der Waals surface area contributed by atoms with Gasteiger partial charge in [0.05, 0.1) is 28.6 Å². The van der Waals surface area contributed by atoms with E-state index in [4.69, 9.17) is 0 Å². The number of anilines is 3. The minimum atomic E-state index is -3.75. The number of H-pyrrole nitrogens is 1. The van der Waals surface area contributed by atoms with Gasteiger partial charge >= 0.3 is 0 Å². The number of aromatic nitrogens is 3.